The van der Waals surface area contributed by atoms with E-state index in [1.807, 2.05) is 31.2 Å². The van der Waals surface area contributed by atoms with Crippen LogP contribution in [0.25, 0.3) is 0 Å². The molecular weight excluding hydrogens is 350 g/mol. The SMILES string of the molecule is CCc1ccc(N2CC(C(=O)Nc3cc([N+](=O)[O-])ccc3O)CC2=O)cc1. The van der Waals surface area contributed by atoms with Crippen LogP contribution in [0.2, 0.25) is 0 Å². The first-order valence-corrected chi connectivity index (χ1v) is 8.56. The van der Waals surface area contributed by atoms with Crippen molar-refractivity contribution in [1.82, 2.24) is 0 Å². The van der Waals surface area contributed by atoms with E-state index in [1.165, 1.54) is 0 Å². The number of nitro groups is 1. The highest BCUT2D eigenvalue weighted by Gasteiger charge is 2.35. The van der Waals surface area contributed by atoms with Gasteiger partial charge in [-0.2, -0.15) is 0 Å². The Morgan fingerprint density at radius 3 is 2.63 bits per heavy atom. The van der Waals surface area contributed by atoms with Crippen molar-refractivity contribution in [2.75, 3.05) is 16.8 Å². The van der Waals surface area contributed by atoms with E-state index in [-0.39, 0.29) is 36.0 Å². The fourth-order valence-electron chi connectivity index (χ4n) is 3.02. The first-order chi connectivity index (χ1) is 12.9. The minimum atomic E-state index is -0.615. The summed E-state index contributed by atoms with van der Waals surface area (Å²) in [4.78, 5) is 36.6. The van der Waals surface area contributed by atoms with Crippen LogP contribution in [0.5, 0.6) is 5.75 Å². The van der Waals surface area contributed by atoms with Gasteiger partial charge in [0.2, 0.25) is 11.8 Å². The molecule has 1 atom stereocenters. The zero-order valence-electron chi connectivity index (χ0n) is 14.7. The molecule has 0 aliphatic carbocycles. The Labute approximate surface area is 155 Å². The molecule has 140 valence electrons. The maximum atomic E-state index is 12.5. The maximum Gasteiger partial charge on any atom is 0.271 e. The third-order valence-corrected chi connectivity index (χ3v) is 4.60. The van der Waals surface area contributed by atoms with Crippen molar-refractivity contribution in [2.45, 2.75) is 19.8 Å². The minimum absolute atomic E-state index is 0.0387. The summed E-state index contributed by atoms with van der Waals surface area (Å²) in [5, 5.41) is 23.2. The number of benzene rings is 2. The average Bonchev–Trinajstić information content (AvgIpc) is 3.05. The van der Waals surface area contributed by atoms with Crippen LogP contribution < -0.4 is 10.2 Å². The monoisotopic (exact) mass is 369 g/mol. The number of carbonyl (C=O) groups is 2. The third-order valence-electron chi connectivity index (χ3n) is 4.60. The van der Waals surface area contributed by atoms with Gasteiger partial charge in [0, 0.05) is 30.8 Å². The highest BCUT2D eigenvalue weighted by molar-refractivity contribution is 6.04. The maximum absolute atomic E-state index is 12.5. The van der Waals surface area contributed by atoms with Gasteiger partial charge in [0.05, 0.1) is 16.5 Å². The van der Waals surface area contributed by atoms with Crippen LogP contribution in [0, 0.1) is 16.0 Å². The van der Waals surface area contributed by atoms with Crippen molar-refractivity contribution in [3.8, 4) is 5.75 Å². The summed E-state index contributed by atoms with van der Waals surface area (Å²) in [6.45, 7) is 2.26. The van der Waals surface area contributed by atoms with E-state index in [2.05, 4.69) is 5.32 Å². The number of hydrogen-bond acceptors (Lipinski definition) is 5. The standard InChI is InChI=1S/C19H19N3O5/c1-2-12-3-5-14(6-4-12)21-11-13(9-18(21)24)19(25)20-16-10-15(22(26)27)7-8-17(16)23/h3-8,10,13,23H,2,9,11H2,1H3,(H,20,25). The first kappa shape index (κ1) is 18.4. The lowest BCUT2D eigenvalue weighted by molar-refractivity contribution is -0.384. The summed E-state index contributed by atoms with van der Waals surface area (Å²) in [6, 6.07) is 11.0. The molecule has 1 aliphatic rings. The van der Waals surface area contributed by atoms with E-state index >= 15 is 0 Å². The molecule has 1 fully saturated rings. The number of aryl methyl sites for hydroxylation is 1. The molecule has 2 aromatic rings. The number of rotatable bonds is 5. The van der Waals surface area contributed by atoms with Gasteiger partial charge in [-0.3, -0.25) is 19.7 Å². The van der Waals surface area contributed by atoms with Crippen molar-refractivity contribution in [3.63, 3.8) is 0 Å². The van der Waals surface area contributed by atoms with Gasteiger partial charge in [-0.1, -0.05) is 19.1 Å². The third kappa shape index (κ3) is 3.89. The lowest BCUT2D eigenvalue weighted by Crippen LogP contribution is -2.28. The molecular formula is C19H19N3O5. The van der Waals surface area contributed by atoms with Crippen LogP contribution in [0.3, 0.4) is 0 Å². The highest BCUT2D eigenvalue weighted by Crippen LogP contribution is 2.30. The molecule has 2 amide bonds. The topological polar surface area (TPSA) is 113 Å². The van der Waals surface area contributed by atoms with Gasteiger partial charge in [-0.15, -0.1) is 0 Å². The average molecular weight is 369 g/mol. The van der Waals surface area contributed by atoms with Crippen molar-refractivity contribution in [1.29, 1.82) is 0 Å². The van der Waals surface area contributed by atoms with Gasteiger partial charge in [0.1, 0.15) is 5.75 Å². The lowest BCUT2D eigenvalue weighted by Gasteiger charge is -2.17. The summed E-state index contributed by atoms with van der Waals surface area (Å²) in [5.74, 6) is -1.51. The number of nitrogens with zero attached hydrogens (tertiary/aromatic N) is 2. The zero-order chi connectivity index (χ0) is 19.6. The van der Waals surface area contributed by atoms with Crippen molar-refractivity contribution < 1.29 is 19.6 Å². The molecule has 0 aromatic heterocycles. The van der Waals surface area contributed by atoms with E-state index in [0.717, 1.165) is 35.9 Å². The number of phenols is 1. The Morgan fingerprint density at radius 2 is 2.00 bits per heavy atom. The van der Waals surface area contributed by atoms with Crippen LogP contribution in [0.1, 0.15) is 18.9 Å². The molecule has 1 aliphatic heterocycles. The second kappa shape index (κ2) is 7.45. The molecule has 8 nitrogen and oxygen atoms in total. The molecule has 1 heterocycles. The Morgan fingerprint density at radius 1 is 1.30 bits per heavy atom. The summed E-state index contributed by atoms with van der Waals surface area (Å²) < 4.78 is 0. The normalized spacial score (nSPS) is 16.4. The molecule has 2 aromatic carbocycles. The molecule has 0 spiro atoms. The molecule has 8 heteroatoms. The number of non-ortho nitro benzene ring substituents is 1. The summed E-state index contributed by atoms with van der Waals surface area (Å²) >= 11 is 0. The zero-order valence-corrected chi connectivity index (χ0v) is 14.7. The van der Waals surface area contributed by atoms with E-state index in [9.17, 15) is 24.8 Å². The first-order valence-electron chi connectivity index (χ1n) is 8.56. The Bertz CT molecular complexity index is 895. The van der Waals surface area contributed by atoms with Crippen LogP contribution in [-0.4, -0.2) is 28.4 Å². The molecule has 1 unspecified atom stereocenters. The van der Waals surface area contributed by atoms with Crippen molar-refractivity contribution in [2.24, 2.45) is 5.92 Å². The second-order valence-corrected chi connectivity index (χ2v) is 6.37. The lowest BCUT2D eigenvalue weighted by atomic mass is 10.1. The van der Waals surface area contributed by atoms with Gasteiger partial charge in [0.15, 0.2) is 0 Å². The fraction of sp³-hybridized carbons (Fsp3) is 0.263. The van der Waals surface area contributed by atoms with Crippen molar-refractivity contribution >= 4 is 28.9 Å². The smallest absolute Gasteiger partial charge is 0.271 e. The van der Waals surface area contributed by atoms with Crippen LogP contribution in [-0.2, 0) is 16.0 Å². The number of carbonyl (C=O) groups excluding carboxylic acids is 2. The van der Waals surface area contributed by atoms with Crippen molar-refractivity contribution in [3.05, 3.63) is 58.1 Å². The molecule has 0 bridgehead atoms. The van der Waals surface area contributed by atoms with Crippen LogP contribution >= 0.6 is 0 Å². The highest BCUT2D eigenvalue weighted by atomic mass is 16.6. The van der Waals surface area contributed by atoms with E-state index in [1.54, 1.807) is 4.90 Å². The molecule has 3 rings (SSSR count). The van der Waals surface area contributed by atoms with E-state index in [0.29, 0.717) is 0 Å². The number of amides is 2. The molecule has 2 N–H and O–H groups in total. The summed E-state index contributed by atoms with van der Waals surface area (Å²) in [5.41, 5.74) is 1.59. The van der Waals surface area contributed by atoms with E-state index < -0.39 is 16.7 Å². The quantitative estimate of drug-likeness (QED) is 0.478. The summed E-state index contributed by atoms with van der Waals surface area (Å²) in [7, 11) is 0. The number of nitrogens with one attached hydrogen (secondary N) is 1. The fourth-order valence-corrected chi connectivity index (χ4v) is 3.02. The molecule has 27 heavy (non-hydrogen) atoms. The summed E-state index contributed by atoms with van der Waals surface area (Å²) in [6.07, 6.45) is 0.934. The Hall–Kier alpha value is -3.42. The predicted molar refractivity (Wildman–Crippen MR) is 99.7 cm³/mol. The number of phenolic OH excluding ortho intramolecular Hbond substituents is 1. The van der Waals surface area contributed by atoms with Gasteiger partial charge in [0.25, 0.3) is 5.69 Å². The predicted octanol–water partition coefficient (Wildman–Crippen LogP) is 2.85. The van der Waals surface area contributed by atoms with Gasteiger partial charge < -0.3 is 15.3 Å². The Kier molecular flexibility index (Phi) is 5.07. The second-order valence-electron chi connectivity index (χ2n) is 6.37. The largest absolute Gasteiger partial charge is 0.506 e. The van der Waals surface area contributed by atoms with E-state index in [4.69, 9.17) is 0 Å². The molecule has 1 saturated heterocycles. The molecule has 0 radical (unpaired) electrons. The number of hydrogen-bond donors (Lipinski definition) is 2. The number of aromatic hydroxyl groups is 1. The Balaban J connectivity index is 1.72. The molecule has 0 saturated carbocycles. The van der Waals surface area contributed by atoms with Gasteiger partial charge in [-0.05, 0) is 30.2 Å². The van der Waals surface area contributed by atoms with Crippen LogP contribution in [0.4, 0.5) is 17.1 Å². The van der Waals surface area contributed by atoms with Crippen LogP contribution in [0.15, 0.2) is 42.5 Å². The number of nitro benzene ring substituents is 1. The van der Waals surface area contributed by atoms with Gasteiger partial charge >= 0.3 is 0 Å². The minimum Gasteiger partial charge on any atom is -0.506 e. The van der Waals surface area contributed by atoms with Gasteiger partial charge in [-0.25, -0.2) is 0 Å². The number of anilines is 2.